The Labute approximate surface area is 165 Å². The van der Waals surface area contributed by atoms with E-state index in [-0.39, 0.29) is 11.0 Å². The lowest BCUT2D eigenvalue weighted by atomic mass is 10.2. The maximum Gasteiger partial charge on any atom is 0.261 e. The minimum atomic E-state index is -2.58. The molecule has 0 amide bonds. The topological polar surface area (TPSA) is 9.23 Å². The summed E-state index contributed by atoms with van der Waals surface area (Å²) in [7, 11) is -2.58. The molecule has 0 unspecified atom stereocenters. The van der Waals surface area contributed by atoms with E-state index in [1.807, 2.05) is 12.1 Å². The second-order valence-electron chi connectivity index (χ2n) is 7.96. The molecule has 0 bridgehead atoms. The highest BCUT2D eigenvalue weighted by Crippen LogP contribution is 2.48. The molecule has 1 fully saturated rings. The van der Waals surface area contributed by atoms with Crippen molar-refractivity contribution in [3.63, 3.8) is 0 Å². The van der Waals surface area contributed by atoms with Gasteiger partial charge in [-0.3, -0.25) is 0 Å². The lowest BCUT2D eigenvalue weighted by molar-refractivity contribution is 0.246. The van der Waals surface area contributed by atoms with Crippen molar-refractivity contribution in [2.45, 2.75) is 37.9 Å². The molecular weight excluding hydrogens is 407 g/mol. The summed E-state index contributed by atoms with van der Waals surface area (Å²) in [5, 5.41) is 2.34. The van der Waals surface area contributed by atoms with E-state index >= 15 is 0 Å². The molecule has 2 aromatic carbocycles. The number of rotatable bonds is 5. The molecule has 4 heteroatoms. The zero-order valence-electron chi connectivity index (χ0n) is 15.4. The van der Waals surface area contributed by atoms with Gasteiger partial charge in [0.05, 0.1) is 0 Å². The van der Waals surface area contributed by atoms with E-state index in [0.29, 0.717) is 13.0 Å². The summed E-state index contributed by atoms with van der Waals surface area (Å²) in [6, 6.07) is 20.9. The molecule has 1 aliphatic carbocycles. The first-order chi connectivity index (χ1) is 12.3. The summed E-state index contributed by atoms with van der Waals surface area (Å²) < 4.78 is 21.3. The molecule has 0 heterocycles. The highest BCUT2D eigenvalue weighted by atomic mass is 79.9. The molecule has 1 saturated carbocycles. The maximum atomic E-state index is 14.6. The largest absolute Gasteiger partial charge is 0.407 e. The van der Waals surface area contributed by atoms with Crippen LogP contribution < -0.4 is 10.4 Å². The van der Waals surface area contributed by atoms with Crippen molar-refractivity contribution >= 4 is 34.6 Å². The Balaban J connectivity index is 2.02. The van der Waals surface area contributed by atoms with Crippen molar-refractivity contribution in [2.75, 3.05) is 6.61 Å². The summed E-state index contributed by atoms with van der Waals surface area (Å²) in [5.41, 5.74) is -1.41. The molecule has 0 aromatic heterocycles. The van der Waals surface area contributed by atoms with E-state index in [1.165, 1.54) is 10.4 Å². The van der Waals surface area contributed by atoms with Crippen molar-refractivity contribution < 1.29 is 8.82 Å². The van der Waals surface area contributed by atoms with Crippen LogP contribution in [0.4, 0.5) is 4.39 Å². The number of hydrogen-bond donors (Lipinski definition) is 0. The van der Waals surface area contributed by atoms with Crippen molar-refractivity contribution in [2.24, 2.45) is 5.92 Å². The monoisotopic (exact) mass is 430 g/mol. The van der Waals surface area contributed by atoms with Gasteiger partial charge >= 0.3 is 0 Å². The molecule has 26 heavy (non-hydrogen) atoms. The smallest absolute Gasteiger partial charge is 0.261 e. The molecule has 1 aliphatic rings. The van der Waals surface area contributed by atoms with Crippen LogP contribution in [0.25, 0.3) is 0 Å². The van der Waals surface area contributed by atoms with Crippen LogP contribution in [-0.2, 0) is 4.43 Å². The van der Waals surface area contributed by atoms with Crippen LogP contribution in [0, 0.1) is 16.7 Å². The third-order valence-corrected chi connectivity index (χ3v) is 10.4. The Hall–Kier alpha value is -1.41. The number of halogens is 2. The van der Waals surface area contributed by atoms with Gasteiger partial charge in [-0.15, -0.1) is 0 Å². The van der Waals surface area contributed by atoms with Crippen molar-refractivity contribution in [3.05, 3.63) is 60.7 Å². The Morgan fingerprint density at radius 1 is 1.08 bits per heavy atom. The van der Waals surface area contributed by atoms with Gasteiger partial charge in [0.15, 0.2) is 5.67 Å². The molecule has 3 rings (SSSR count). The third-order valence-electron chi connectivity index (χ3n) is 5.20. The fourth-order valence-corrected chi connectivity index (χ4v) is 8.65. The SMILES string of the molecule is CC(C)(C)[Si](OC[C@H]1C[C@]1(F)C#CBr)(c1ccccc1)c1ccccc1. The fourth-order valence-electron chi connectivity index (χ4n) is 3.71. The molecule has 136 valence electrons. The lowest BCUT2D eigenvalue weighted by Crippen LogP contribution is -2.66. The standard InChI is InChI=1S/C22H24BrFOSi/c1-21(2,3)26(19-10-6-4-7-11-19,20-12-8-5-9-13-20)25-17-18-16-22(18,24)14-15-23/h4-13,18H,16-17H2,1-3H3/t18-,22-/m1/s1. The summed E-state index contributed by atoms with van der Waals surface area (Å²) in [6.45, 7) is 7.08. The second kappa shape index (κ2) is 7.30. The van der Waals surface area contributed by atoms with Crippen molar-refractivity contribution in [1.29, 1.82) is 0 Å². The van der Waals surface area contributed by atoms with E-state index in [2.05, 4.69) is 96.0 Å². The minimum absolute atomic E-state index is 0.0926. The molecule has 2 aromatic rings. The first-order valence-corrected chi connectivity index (χ1v) is 11.6. The van der Waals surface area contributed by atoms with E-state index in [9.17, 15) is 4.39 Å². The molecule has 0 aliphatic heterocycles. The summed E-state index contributed by atoms with van der Waals surface area (Å²) in [4.78, 5) is 2.53. The Morgan fingerprint density at radius 2 is 1.58 bits per heavy atom. The van der Waals surface area contributed by atoms with Gasteiger partial charge in [0.1, 0.15) is 0 Å². The van der Waals surface area contributed by atoms with Crippen molar-refractivity contribution in [3.8, 4) is 10.8 Å². The van der Waals surface area contributed by atoms with Gasteiger partial charge in [0.2, 0.25) is 0 Å². The summed E-state index contributed by atoms with van der Waals surface area (Å²) in [6.07, 6.45) is 0.448. The van der Waals surface area contributed by atoms with Gasteiger partial charge < -0.3 is 4.43 Å². The quantitative estimate of drug-likeness (QED) is 0.495. The van der Waals surface area contributed by atoms with Gasteiger partial charge in [0.25, 0.3) is 8.32 Å². The van der Waals surface area contributed by atoms with Crippen LogP contribution in [0.5, 0.6) is 0 Å². The van der Waals surface area contributed by atoms with Crippen LogP contribution in [0.1, 0.15) is 27.2 Å². The number of alkyl halides is 1. The maximum absolute atomic E-state index is 14.6. The predicted octanol–water partition coefficient (Wildman–Crippen LogP) is 4.65. The van der Waals surface area contributed by atoms with Gasteiger partial charge in [0, 0.05) is 34.9 Å². The first-order valence-electron chi connectivity index (χ1n) is 8.90. The van der Waals surface area contributed by atoms with E-state index in [0.717, 1.165) is 0 Å². The normalized spacial score (nSPS) is 22.4. The highest BCUT2D eigenvalue weighted by molar-refractivity contribution is 9.12. The zero-order valence-corrected chi connectivity index (χ0v) is 18.0. The second-order valence-corrected chi connectivity index (χ2v) is 12.7. The van der Waals surface area contributed by atoms with E-state index < -0.39 is 14.0 Å². The van der Waals surface area contributed by atoms with Gasteiger partial charge in [-0.1, -0.05) is 81.4 Å². The third kappa shape index (κ3) is 3.53. The van der Waals surface area contributed by atoms with Crippen LogP contribution in [0.2, 0.25) is 5.04 Å². The van der Waals surface area contributed by atoms with Crippen LogP contribution in [-0.4, -0.2) is 20.6 Å². The van der Waals surface area contributed by atoms with Crippen LogP contribution >= 0.6 is 15.9 Å². The van der Waals surface area contributed by atoms with Crippen LogP contribution in [0.3, 0.4) is 0 Å². The van der Waals surface area contributed by atoms with E-state index in [4.69, 9.17) is 4.43 Å². The predicted molar refractivity (Wildman–Crippen MR) is 112 cm³/mol. The van der Waals surface area contributed by atoms with Gasteiger partial charge in [-0.2, -0.15) is 0 Å². The molecule has 2 atom stereocenters. The first kappa shape index (κ1) is 19.4. The number of hydrogen-bond acceptors (Lipinski definition) is 1. The molecule has 0 spiro atoms. The lowest BCUT2D eigenvalue weighted by Gasteiger charge is -2.43. The Morgan fingerprint density at radius 3 is 2.00 bits per heavy atom. The Kier molecular flexibility index (Phi) is 5.44. The zero-order chi connectivity index (χ0) is 18.8. The number of benzene rings is 2. The van der Waals surface area contributed by atoms with Crippen LogP contribution in [0.15, 0.2) is 60.7 Å². The van der Waals surface area contributed by atoms with Gasteiger partial charge in [-0.25, -0.2) is 4.39 Å². The van der Waals surface area contributed by atoms with Crippen molar-refractivity contribution in [1.82, 2.24) is 0 Å². The fraction of sp³-hybridized carbons (Fsp3) is 0.364. The molecular formula is C22H24BrFOSi. The highest BCUT2D eigenvalue weighted by Gasteiger charge is 2.57. The molecule has 0 radical (unpaired) electrons. The average molecular weight is 431 g/mol. The average Bonchev–Trinajstić information content (AvgIpc) is 3.26. The Bertz CT molecular complexity index is 767. The van der Waals surface area contributed by atoms with E-state index in [1.54, 1.807) is 0 Å². The molecule has 0 saturated heterocycles. The van der Waals surface area contributed by atoms with Gasteiger partial charge in [-0.05, 0) is 26.2 Å². The molecule has 0 N–H and O–H groups in total. The minimum Gasteiger partial charge on any atom is -0.407 e. The summed E-state index contributed by atoms with van der Waals surface area (Å²) >= 11 is 3.02. The molecule has 1 nitrogen and oxygen atoms in total. The summed E-state index contributed by atoms with van der Waals surface area (Å²) in [5.74, 6) is 2.48.